The number of esters is 1. The van der Waals surface area contributed by atoms with E-state index in [1.165, 1.54) is 12.0 Å². The molecule has 110 valence electrons. The first kappa shape index (κ1) is 15.6. The number of nitrogens with zero attached hydrogens (tertiary/aromatic N) is 1. The molecule has 1 rings (SSSR count). The third-order valence-electron chi connectivity index (χ3n) is 2.60. The van der Waals surface area contributed by atoms with E-state index in [1.807, 2.05) is 0 Å². The summed E-state index contributed by atoms with van der Waals surface area (Å²) in [5.74, 6) is -0.429. The zero-order valence-corrected chi connectivity index (χ0v) is 11.9. The molecule has 0 aliphatic carbocycles. The molecule has 0 saturated carbocycles. The number of amides is 2. The minimum Gasteiger partial charge on any atom is -0.465 e. The van der Waals surface area contributed by atoms with Gasteiger partial charge in [-0.15, -0.1) is 0 Å². The van der Waals surface area contributed by atoms with Gasteiger partial charge in [-0.2, -0.15) is 0 Å². The average molecular weight is 280 g/mol. The Balaban J connectivity index is 2.49. The lowest BCUT2D eigenvalue weighted by Gasteiger charge is -2.13. The number of ether oxygens (including phenoxy) is 1. The number of benzene rings is 1. The van der Waals surface area contributed by atoms with E-state index in [2.05, 4.69) is 15.4 Å². The molecule has 0 aliphatic rings. The van der Waals surface area contributed by atoms with Gasteiger partial charge in [-0.1, -0.05) is 0 Å². The molecule has 2 amide bonds. The highest BCUT2D eigenvalue weighted by Crippen LogP contribution is 2.19. The molecule has 0 radical (unpaired) electrons. The van der Waals surface area contributed by atoms with Crippen LogP contribution in [0.1, 0.15) is 10.4 Å². The number of methoxy groups -OCH3 is 1. The Bertz CT molecular complexity index is 489. The maximum atomic E-state index is 11.3. The summed E-state index contributed by atoms with van der Waals surface area (Å²) in [4.78, 5) is 24.1. The lowest BCUT2D eigenvalue weighted by molar-refractivity contribution is 0.0601. The minimum absolute atomic E-state index is 0.152. The van der Waals surface area contributed by atoms with E-state index in [0.29, 0.717) is 30.0 Å². The third kappa shape index (κ3) is 4.34. The molecule has 0 aliphatic heterocycles. The molecule has 0 bridgehead atoms. The second-order valence-electron chi connectivity index (χ2n) is 4.35. The van der Waals surface area contributed by atoms with E-state index in [4.69, 9.17) is 5.73 Å². The minimum atomic E-state index is -0.429. The maximum Gasteiger partial charge on any atom is 0.337 e. The second-order valence-corrected chi connectivity index (χ2v) is 4.35. The summed E-state index contributed by atoms with van der Waals surface area (Å²) < 4.78 is 4.61. The fraction of sp³-hybridized carbons (Fsp3) is 0.385. The predicted octanol–water partition coefficient (Wildman–Crippen LogP) is 0.739. The van der Waals surface area contributed by atoms with Gasteiger partial charge in [0.25, 0.3) is 0 Å². The third-order valence-corrected chi connectivity index (χ3v) is 2.60. The fourth-order valence-corrected chi connectivity index (χ4v) is 1.49. The van der Waals surface area contributed by atoms with Gasteiger partial charge in [0.2, 0.25) is 0 Å². The van der Waals surface area contributed by atoms with Crippen LogP contribution in [0.15, 0.2) is 18.2 Å². The lowest BCUT2D eigenvalue weighted by Crippen LogP contribution is -2.37. The van der Waals surface area contributed by atoms with Crippen molar-refractivity contribution in [1.82, 2.24) is 10.2 Å². The van der Waals surface area contributed by atoms with Crippen molar-refractivity contribution in [1.29, 1.82) is 0 Å². The van der Waals surface area contributed by atoms with Gasteiger partial charge in [-0.3, -0.25) is 0 Å². The predicted molar refractivity (Wildman–Crippen MR) is 77.8 cm³/mol. The molecule has 0 spiro atoms. The molecular weight excluding hydrogens is 260 g/mol. The van der Waals surface area contributed by atoms with E-state index in [-0.39, 0.29) is 6.03 Å². The number of hydrogen-bond acceptors (Lipinski definition) is 5. The van der Waals surface area contributed by atoms with Gasteiger partial charge in [-0.05, 0) is 18.2 Å². The van der Waals surface area contributed by atoms with E-state index in [1.54, 1.807) is 32.3 Å². The number of carbonyl (C=O) groups is 2. The van der Waals surface area contributed by atoms with Crippen LogP contribution < -0.4 is 16.4 Å². The van der Waals surface area contributed by atoms with Crippen LogP contribution in [-0.4, -0.2) is 51.2 Å². The number of nitrogens with one attached hydrogen (secondary N) is 2. The molecule has 0 aromatic heterocycles. The molecule has 0 unspecified atom stereocenters. The molecule has 7 heteroatoms. The van der Waals surface area contributed by atoms with Gasteiger partial charge >= 0.3 is 12.0 Å². The number of rotatable bonds is 5. The Hall–Kier alpha value is -2.44. The highest BCUT2D eigenvalue weighted by molar-refractivity contribution is 5.91. The topological polar surface area (TPSA) is 96.7 Å². The van der Waals surface area contributed by atoms with Crippen molar-refractivity contribution in [3.63, 3.8) is 0 Å². The summed E-state index contributed by atoms with van der Waals surface area (Å²) in [6.45, 7) is 0.997. The van der Waals surface area contributed by atoms with E-state index in [0.717, 1.165) is 0 Å². The quantitative estimate of drug-likeness (QED) is 0.420. The van der Waals surface area contributed by atoms with E-state index >= 15 is 0 Å². The van der Waals surface area contributed by atoms with Crippen molar-refractivity contribution in [3.05, 3.63) is 23.8 Å². The standard InChI is InChI=1S/C13H20N4O3/c1-17(2)13(19)16-7-6-15-11-5-4-9(8-10(11)14)12(18)20-3/h4-5,8,15H,6-7,14H2,1-3H3,(H,16,19). The van der Waals surface area contributed by atoms with Crippen LogP contribution in [0, 0.1) is 0 Å². The number of carbonyl (C=O) groups excluding carboxylic acids is 2. The van der Waals surface area contributed by atoms with Crippen LogP contribution in [0.5, 0.6) is 0 Å². The zero-order valence-electron chi connectivity index (χ0n) is 11.9. The Morgan fingerprint density at radius 2 is 2.00 bits per heavy atom. The number of anilines is 2. The fourth-order valence-electron chi connectivity index (χ4n) is 1.49. The van der Waals surface area contributed by atoms with Crippen molar-refractivity contribution in [2.75, 3.05) is 45.3 Å². The highest BCUT2D eigenvalue weighted by Gasteiger charge is 2.08. The first-order chi connectivity index (χ1) is 9.45. The molecule has 20 heavy (non-hydrogen) atoms. The normalized spacial score (nSPS) is 9.75. The van der Waals surface area contributed by atoms with Gasteiger partial charge in [0.1, 0.15) is 0 Å². The van der Waals surface area contributed by atoms with Gasteiger partial charge in [-0.25, -0.2) is 9.59 Å². The summed E-state index contributed by atoms with van der Waals surface area (Å²) in [5.41, 5.74) is 7.39. The Morgan fingerprint density at radius 1 is 1.30 bits per heavy atom. The largest absolute Gasteiger partial charge is 0.465 e. The van der Waals surface area contributed by atoms with Crippen LogP contribution in [-0.2, 0) is 4.74 Å². The van der Waals surface area contributed by atoms with Crippen LogP contribution in [0.4, 0.5) is 16.2 Å². The van der Waals surface area contributed by atoms with Crippen LogP contribution in [0.25, 0.3) is 0 Å². The molecule has 7 nitrogen and oxygen atoms in total. The first-order valence-electron chi connectivity index (χ1n) is 6.12. The van der Waals surface area contributed by atoms with E-state index in [9.17, 15) is 9.59 Å². The highest BCUT2D eigenvalue weighted by atomic mass is 16.5. The monoisotopic (exact) mass is 280 g/mol. The van der Waals surface area contributed by atoms with E-state index < -0.39 is 5.97 Å². The summed E-state index contributed by atoms with van der Waals surface area (Å²) >= 11 is 0. The summed E-state index contributed by atoms with van der Waals surface area (Å²) in [5, 5.41) is 5.80. The zero-order chi connectivity index (χ0) is 15.1. The Labute approximate surface area is 118 Å². The molecule has 1 aromatic rings. The first-order valence-corrected chi connectivity index (χ1v) is 6.12. The SMILES string of the molecule is COC(=O)c1ccc(NCCNC(=O)N(C)C)c(N)c1. The van der Waals surface area contributed by atoms with Crippen LogP contribution in [0.3, 0.4) is 0 Å². The van der Waals surface area contributed by atoms with Gasteiger partial charge in [0.05, 0.1) is 24.0 Å². The van der Waals surface area contributed by atoms with Crippen LogP contribution >= 0.6 is 0 Å². The van der Waals surface area contributed by atoms with Gasteiger partial charge in [0.15, 0.2) is 0 Å². The second kappa shape index (κ2) is 7.22. The number of hydrogen-bond donors (Lipinski definition) is 3. The lowest BCUT2D eigenvalue weighted by atomic mass is 10.1. The van der Waals surface area contributed by atoms with Crippen molar-refractivity contribution in [2.45, 2.75) is 0 Å². The number of nitrogen functional groups attached to an aromatic ring is 1. The van der Waals surface area contributed by atoms with Gasteiger partial charge in [0, 0.05) is 27.2 Å². The van der Waals surface area contributed by atoms with Crippen molar-refractivity contribution in [3.8, 4) is 0 Å². The van der Waals surface area contributed by atoms with Crippen molar-refractivity contribution in [2.24, 2.45) is 0 Å². The van der Waals surface area contributed by atoms with Crippen molar-refractivity contribution >= 4 is 23.4 Å². The number of urea groups is 1. The van der Waals surface area contributed by atoms with Gasteiger partial charge < -0.3 is 26.0 Å². The molecule has 1 aromatic carbocycles. The Morgan fingerprint density at radius 3 is 2.55 bits per heavy atom. The van der Waals surface area contributed by atoms with Crippen molar-refractivity contribution < 1.29 is 14.3 Å². The smallest absolute Gasteiger partial charge is 0.337 e. The molecular formula is C13H20N4O3. The summed E-state index contributed by atoms with van der Waals surface area (Å²) in [7, 11) is 4.66. The maximum absolute atomic E-state index is 11.3. The molecule has 0 atom stereocenters. The molecule has 0 heterocycles. The molecule has 4 N–H and O–H groups in total. The Kier molecular flexibility index (Phi) is 5.64. The number of nitrogens with two attached hydrogens (primary N) is 1. The average Bonchev–Trinajstić information content (AvgIpc) is 2.43. The van der Waals surface area contributed by atoms with Crippen LogP contribution in [0.2, 0.25) is 0 Å². The molecule has 0 saturated heterocycles. The summed E-state index contributed by atoms with van der Waals surface area (Å²) in [6.07, 6.45) is 0. The molecule has 0 fully saturated rings. The summed E-state index contributed by atoms with van der Waals surface area (Å²) in [6, 6.07) is 4.73.